The minimum Gasteiger partial charge on any atom is -0.250 e. The van der Waals surface area contributed by atoms with E-state index in [0.717, 1.165) is 18.4 Å². The van der Waals surface area contributed by atoms with E-state index in [9.17, 15) is 0 Å². The molecule has 0 spiro atoms. The summed E-state index contributed by atoms with van der Waals surface area (Å²) in [6.07, 6.45) is 6.09. The van der Waals surface area contributed by atoms with Crippen molar-refractivity contribution in [1.29, 1.82) is 0 Å². The molecule has 0 aliphatic heterocycles. The summed E-state index contributed by atoms with van der Waals surface area (Å²) in [4.78, 5) is 8.11. The van der Waals surface area contributed by atoms with Crippen LogP contribution >= 0.6 is 0 Å². The van der Waals surface area contributed by atoms with E-state index in [1.807, 2.05) is 13.1 Å². The molecule has 6 nitrogen and oxygen atoms in total. The quantitative estimate of drug-likeness (QED) is 0.683. The lowest BCUT2D eigenvalue weighted by Gasteiger charge is -2.24. The monoisotopic (exact) mass is 298 g/mol. The minimum absolute atomic E-state index is 0.286. The predicted octanol–water partition coefficient (Wildman–Crippen LogP) is 3.35. The molecule has 0 unspecified atom stereocenters. The van der Waals surface area contributed by atoms with E-state index in [1.165, 1.54) is 16.7 Å². The van der Waals surface area contributed by atoms with Crippen LogP contribution in [0.4, 0.5) is 0 Å². The number of allylic oxidation sites excluding steroid dienone is 5. The molecule has 1 heterocycles. The number of tetrazole rings is 1. The van der Waals surface area contributed by atoms with Gasteiger partial charge in [-0.3, -0.25) is 0 Å². The molecule has 116 valence electrons. The van der Waals surface area contributed by atoms with Gasteiger partial charge < -0.3 is 0 Å². The van der Waals surface area contributed by atoms with Crippen molar-refractivity contribution >= 4 is 18.1 Å². The highest BCUT2D eigenvalue weighted by molar-refractivity contribution is 5.84. The molecule has 1 aliphatic carbocycles. The lowest BCUT2D eigenvalue weighted by atomic mass is 9.81. The molecule has 1 atom stereocenters. The van der Waals surface area contributed by atoms with Crippen molar-refractivity contribution < 1.29 is 0 Å². The summed E-state index contributed by atoms with van der Waals surface area (Å²) in [7, 11) is 0. The van der Waals surface area contributed by atoms with Gasteiger partial charge in [-0.05, 0) is 56.7 Å². The second-order valence-corrected chi connectivity index (χ2v) is 5.42. The highest BCUT2D eigenvalue weighted by Gasteiger charge is 2.22. The van der Waals surface area contributed by atoms with Gasteiger partial charge in [0.15, 0.2) is 0 Å². The van der Waals surface area contributed by atoms with Gasteiger partial charge in [0.1, 0.15) is 5.84 Å². The first-order valence-corrected chi connectivity index (χ1v) is 7.39. The number of nitrogens with one attached hydrogen (secondary N) is 1. The lowest BCUT2D eigenvalue weighted by molar-refractivity contribution is 0.706. The molecule has 0 bridgehead atoms. The third kappa shape index (κ3) is 3.44. The fourth-order valence-electron chi connectivity index (χ4n) is 2.55. The molecular weight excluding hydrogens is 276 g/mol. The van der Waals surface area contributed by atoms with Crippen LogP contribution in [0.1, 0.15) is 46.4 Å². The van der Waals surface area contributed by atoms with Crippen molar-refractivity contribution in [3.05, 3.63) is 34.8 Å². The van der Waals surface area contributed by atoms with Crippen molar-refractivity contribution in [2.24, 2.45) is 15.9 Å². The van der Waals surface area contributed by atoms with Crippen molar-refractivity contribution in [1.82, 2.24) is 20.6 Å². The van der Waals surface area contributed by atoms with Crippen molar-refractivity contribution in [3.8, 4) is 0 Å². The molecule has 22 heavy (non-hydrogen) atoms. The molecule has 0 amide bonds. The average Bonchev–Trinajstić information content (AvgIpc) is 3.06. The number of hydrogen-bond donors (Lipinski definition) is 1. The molecule has 0 saturated heterocycles. The van der Waals surface area contributed by atoms with Crippen molar-refractivity contribution in [2.75, 3.05) is 0 Å². The number of rotatable bonds is 4. The molecule has 1 aromatic rings. The Hall–Kier alpha value is -2.37. The standard InChI is InChI=1S/C16H22N6/c1-6-13-7-14(10(2)9-18-12(4)17-5)8-15(11(13)3)16-19-21-22-20-16/h8-9,14H,5-7H2,1-4H3,(H,19,20,21,22)/b10-9+,18-12?/t14-/m1/s1. The van der Waals surface area contributed by atoms with Crippen LogP contribution in [0.15, 0.2) is 39.0 Å². The van der Waals surface area contributed by atoms with Gasteiger partial charge in [-0.25, -0.2) is 9.98 Å². The van der Waals surface area contributed by atoms with Gasteiger partial charge in [0, 0.05) is 17.7 Å². The zero-order chi connectivity index (χ0) is 16.1. The van der Waals surface area contributed by atoms with Crippen LogP contribution < -0.4 is 0 Å². The van der Waals surface area contributed by atoms with Crippen LogP contribution in [0.25, 0.3) is 5.57 Å². The van der Waals surface area contributed by atoms with E-state index in [4.69, 9.17) is 0 Å². The first-order chi connectivity index (χ1) is 10.6. The minimum atomic E-state index is 0.286. The van der Waals surface area contributed by atoms with Crippen LogP contribution in [-0.2, 0) is 0 Å². The first-order valence-electron chi connectivity index (χ1n) is 7.39. The van der Waals surface area contributed by atoms with Crippen LogP contribution in [0, 0.1) is 5.92 Å². The maximum Gasteiger partial charge on any atom is 0.204 e. The Bertz CT molecular complexity index is 661. The van der Waals surface area contributed by atoms with E-state index in [2.05, 4.69) is 64.2 Å². The van der Waals surface area contributed by atoms with Crippen LogP contribution in [-0.4, -0.2) is 33.2 Å². The van der Waals surface area contributed by atoms with E-state index in [1.54, 1.807) is 0 Å². The summed E-state index contributed by atoms with van der Waals surface area (Å²) in [6.45, 7) is 11.7. The average molecular weight is 298 g/mol. The number of nitrogens with zero attached hydrogens (tertiary/aromatic N) is 5. The highest BCUT2D eigenvalue weighted by Crippen LogP contribution is 2.37. The third-order valence-corrected chi connectivity index (χ3v) is 4.05. The van der Waals surface area contributed by atoms with Crippen molar-refractivity contribution in [2.45, 2.75) is 40.5 Å². The predicted molar refractivity (Wildman–Crippen MR) is 89.7 cm³/mol. The molecule has 2 rings (SSSR count). The number of amidine groups is 1. The van der Waals surface area contributed by atoms with E-state index < -0.39 is 0 Å². The second kappa shape index (κ2) is 7.06. The molecule has 1 N–H and O–H groups in total. The van der Waals surface area contributed by atoms with Gasteiger partial charge in [0.25, 0.3) is 0 Å². The molecule has 0 radical (unpaired) electrons. The number of aliphatic imine (C=N–C) groups is 2. The Morgan fingerprint density at radius 3 is 2.86 bits per heavy atom. The van der Waals surface area contributed by atoms with Gasteiger partial charge in [0.2, 0.25) is 5.82 Å². The maximum atomic E-state index is 4.31. The van der Waals surface area contributed by atoms with Gasteiger partial charge in [-0.2, -0.15) is 5.21 Å². The van der Waals surface area contributed by atoms with Crippen molar-refractivity contribution in [3.63, 3.8) is 0 Å². The summed E-state index contributed by atoms with van der Waals surface area (Å²) in [5.74, 6) is 1.60. The lowest BCUT2D eigenvalue weighted by Crippen LogP contribution is -2.10. The normalized spacial score (nSPS) is 20.2. The number of aromatic amines is 1. The van der Waals surface area contributed by atoms with Gasteiger partial charge in [-0.15, -0.1) is 10.2 Å². The van der Waals surface area contributed by atoms with Gasteiger partial charge >= 0.3 is 0 Å². The van der Waals surface area contributed by atoms with Crippen LogP contribution in [0.3, 0.4) is 0 Å². The first kappa shape index (κ1) is 16.0. The Kier molecular flexibility index (Phi) is 5.14. The largest absolute Gasteiger partial charge is 0.250 e. The summed E-state index contributed by atoms with van der Waals surface area (Å²) < 4.78 is 0. The SMILES string of the molecule is C=NC(C)=N/C=C(\C)[C@H]1C=C(c2nn[nH]n2)C(C)=C(CC)C1. The van der Waals surface area contributed by atoms with E-state index >= 15 is 0 Å². The molecule has 1 aromatic heterocycles. The number of hydrogen-bond acceptors (Lipinski definition) is 4. The Labute approximate surface area is 130 Å². The van der Waals surface area contributed by atoms with Gasteiger partial charge in [0.05, 0.1) is 0 Å². The fourth-order valence-corrected chi connectivity index (χ4v) is 2.55. The molecule has 0 aromatic carbocycles. The molecular formula is C16H22N6. The van der Waals surface area contributed by atoms with Crippen LogP contribution in [0.5, 0.6) is 0 Å². The molecule has 6 heteroatoms. The molecule has 1 aliphatic rings. The fraction of sp³-hybridized carbons (Fsp3) is 0.438. The summed E-state index contributed by atoms with van der Waals surface area (Å²) >= 11 is 0. The second-order valence-electron chi connectivity index (χ2n) is 5.42. The molecule has 0 saturated carbocycles. The topological polar surface area (TPSA) is 79.2 Å². The Balaban J connectivity index is 2.37. The maximum absolute atomic E-state index is 4.31. The van der Waals surface area contributed by atoms with Crippen LogP contribution in [0.2, 0.25) is 0 Å². The zero-order valence-electron chi connectivity index (χ0n) is 13.6. The number of aromatic nitrogens is 4. The van der Waals surface area contributed by atoms with E-state index in [-0.39, 0.29) is 5.92 Å². The third-order valence-electron chi connectivity index (χ3n) is 4.05. The Morgan fingerprint density at radius 2 is 2.27 bits per heavy atom. The Morgan fingerprint density at radius 1 is 1.50 bits per heavy atom. The summed E-state index contributed by atoms with van der Waals surface area (Å²) in [5.41, 5.74) is 4.91. The summed E-state index contributed by atoms with van der Waals surface area (Å²) in [6, 6.07) is 0. The zero-order valence-corrected chi connectivity index (χ0v) is 13.6. The number of H-pyrrole nitrogens is 1. The highest BCUT2D eigenvalue weighted by atomic mass is 15.5. The van der Waals surface area contributed by atoms with Gasteiger partial charge in [-0.1, -0.05) is 18.6 Å². The molecule has 0 fully saturated rings. The smallest absolute Gasteiger partial charge is 0.204 e. The van der Waals surface area contributed by atoms with E-state index in [0.29, 0.717) is 11.7 Å². The summed E-state index contributed by atoms with van der Waals surface area (Å²) in [5, 5.41) is 14.4.